The highest BCUT2D eigenvalue weighted by molar-refractivity contribution is 9.10. The van der Waals surface area contributed by atoms with E-state index in [0.717, 1.165) is 6.07 Å². The van der Waals surface area contributed by atoms with Gasteiger partial charge in [-0.2, -0.15) is 0 Å². The van der Waals surface area contributed by atoms with E-state index >= 15 is 0 Å². The quantitative estimate of drug-likeness (QED) is 0.836. The lowest BCUT2D eigenvalue weighted by Crippen LogP contribution is -2.19. The van der Waals surface area contributed by atoms with E-state index in [1.54, 1.807) is 6.07 Å². The summed E-state index contributed by atoms with van der Waals surface area (Å²) < 4.78 is 28.4. The zero-order chi connectivity index (χ0) is 12.4. The minimum atomic E-state index is -0.917. The third kappa shape index (κ3) is 2.61. The average Bonchev–Trinajstić information content (AvgIpc) is 2.30. The van der Waals surface area contributed by atoms with Crippen LogP contribution in [0.4, 0.5) is 8.78 Å². The van der Waals surface area contributed by atoms with Crippen molar-refractivity contribution in [3.63, 3.8) is 0 Å². The van der Waals surface area contributed by atoms with Crippen LogP contribution in [0, 0.1) is 11.6 Å². The van der Waals surface area contributed by atoms with Crippen LogP contribution >= 0.6 is 15.9 Å². The van der Waals surface area contributed by atoms with Gasteiger partial charge in [-0.1, -0.05) is 12.1 Å². The first-order valence-corrected chi connectivity index (χ1v) is 5.66. The molecule has 0 saturated heterocycles. The maximum absolute atomic E-state index is 13.4. The fourth-order valence-electron chi connectivity index (χ4n) is 1.48. The van der Waals surface area contributed by atoms with Crippen LogP contribution in [0.3, 0.4) is 0 Å². The summed E-state index contributed by atoms with van der Waals surface area (Å²) in [7, 11) is 0. The highest BCUT2D eigenvalue weighted by Gasteiger charge is 2.08. The Bertz CT molecular complexity index is 610. The summed E-state index contributed by atoms with van der Waals surface area (Å²) in [5.41, 5.74) is -0.123. The monoisotopic (exact) mass is 299 g/mol. The molecule has 1 aromatic heterocycles. The molecular weight excluding hydrogens is 292 g/mol. The van der Waals surface area contributed by atoms with E-state index in [1.165, 1.54) is 29.0 Å². The molecule has 0 amide bonds. The summed E-state index contributed by atoms with van der Waals surface area (Å²) in [6, 6.07) is 6.87. The Kier molecular flexibility index (Phi) is 3.38. The van der Waals surface area contributed by atoms with Crippen LogP contribution in [0.25, 0.3) is 0 Å². The molecule has 0 bridgehead atoms. The number of aromatic nitrogens is 1. The zero-order valence-electron chi connectivity index (χ0n) is 8.66. The molecule has 0 atom stereocenters. The van der Waals surface area contributed by atoms with Gasteiger partial charge in [0.2, 0.25) is 0 Å². The molecule has 0 spiro atoms. The van der Waals surface area contributed by atoms with Gasteiger partial charge >= 0.3 is 0 Å². The lowest BCUT2D eigenvalue weighted by atomic mass is 10.2. The summed E-state index contributed by atoms with van der Waals surface area (Å²) in [4.78, 5) is 11.5. The van der Waals surface area contributed by atoms with Gasteiger partial charge in [-0.15, -0.1) is 0 Å². The van der Waals surface area contributed by atoms with Crippen LogP contribution in [0.15, 0.2) is 45.8 Å². The SMILES string of the molecule is O=c1ccc(Br)cn1Cc1cccc(F)c1F. The predicted molar refractivity (Wildman–Crippen MR) is 63.9 cm³/mol. The zero-order valence-corrected chi connectivity index (χ0v) is 10.2. The minimum absolute atomic E-state index is 0.00185. The molecule has 5 heteroatoms. The molecule has 0 aliphatic rings. The smallest absolute Gasteiger partial charge is 0.250 e. The van der Waals surface area contributed by atoms with Gasteiger partial charge in [0.1, 0.15) is 0 Å². The maximum atomic E-state index is 13.4. The van der Waals surface area contributed by atoms with Crippen molar-refractivity contribution in [3.8, 4) is 0 Å². The fourth-order valence-corrected chi connectivity index (χ4v) is 1.86. The normalized spacial score (nSPS) is 10.5. The third-order valence-electron chi connectivity index (χ3n) is 2.32. The lowest BCUT2D eigenvalue weighted by Gasteiger charge is -2.07. The summed E-state index contributed by atoms with van der Waals surface area (Å²) in [5.74, 6) is -1.83. The number of halogens is 3. The Labute approximate surface area is 105 Å². The molecule has 0 fully saturated rings. The van der Waals surface area contributed by atoms with Gasteiger partial charge in [-0.05, 0) is 28.1 Å². The Morgan fingerprint density at radius 2 is 1.94 bits per heavy atom. The van der Waals surface area contributed by atoms with Crippen molar-refractivity contribution in [1.29, 1.82) is 0 Å². The van der Waals surface area contributed by atoms with Gasteiger partial charge in [0.05, 0.1) is 6.54 Å². The highest BCUT2D eigenvalue weighted by atomic mass is 79.9. The maximum Gasteiger partial charge on any atom is 0.250 e. The van der Waals surface area contributed by atoms with E-state index in [1.807, 2.05) is 0 Å². The lowest BCUT2D eigenvalue weighted by molar-refractivity contribution is 0.494. The predicted octanol–water partition coefficient (Wildman–Crippen LogP) is 2.94. The largest absolute Gasteiger partial charge is 0.310 e. The summed E-state index contributed by atoms with van der Waals surface area (Å²) in [6.07, 6.45) is 1.53. The van der Waals surface area contributed by atoms with Gasteiger partial charge in [0, 0.05) is 22.3 Å². The molecule has 88 valence electrons. The number of hydrogen-bond donors (Lipinski definition) is 0. The van der Waals surface area contributed by atoms with Gasteiger partial charge in [-0.3, -0.25) is 4.79 Å². The van der Waals surface area contributed by atoms with Crippen LogP contribution in [-0.4, -0.2) is 4.57 Å². The van der Waals surface area contributed by atoms with Crippen molar-refractivity contribution < 1.29 is 8.78 Å². The van der Waals surface area contributed by atoms with Gasteiger partial charge in [-0.25, -0.2) is 8.78 Å². The molecule has 0 aliphatic heterocycles. The van der Waals surface area contributed by atoms with E-state index in [9.17, 15) is 13.6 Å². The first kappa shape index (κ1) is 12.0. The van der Waals surface area contributed by atoms with Crippen LogP contribution in [0.2, 0.25) is 0 Å². The van der Waals surface area contributed by atoms with E-state index in [0.29, 0.717) is 4.47 Å². The van der Waals surface area contributed by atoms with Gasteiger partial charge < -0.3 is 4.57 Å². The first-order chi connectivity index (χ1) is 8.08. The average molecular weight is 300 g/mol. The second-order valence-corrected chi connectivity index (χ2v) is 4.44. The van der Waals surface area contributed by atoms with Crippen LogP contribution < -0.4 is 5.56 Å². The molecule has 1 heterocycles. The third-order valence-corrected chi connectivity index (χ3v) is 2.79. The molecule has 17 heavy (non-hydrogen) atoms. The highest BCUT2D eigenvalue weighted by Crippen LogP contribution is 2.13. The topological polar surface area (TPSA) is 22.0 Å². The number of rotatable bonds is 2. The molecular formula is C12H8BrF2NO. The second kappa shape index (κ2) is 4.79. The van der Waals surface area contributed by atoms with Gasteiger partial charge in [0.25, 0.3) is 5.56 Å². The summed E-state index contributed by atoms with van der Waals surface area (Å²) in [6.45, 7) is 0.00185. The van der Waals surface area contributed by atoms with Crippen molar-refractivity contribution in [1.82, 2.24) is 4.57 Å². The Morgan fingerprint density at radius 1 is 1.18 bits per heavy atom. The number of benzene rings is 1. The first-order valence-electron chi connectivity index (χ1n) is 4.87. The Morgan fingerprint density at radius 3 is 2.71 bits per heavy atom. The van der Waals surface area contributed by atoms with E-state index in [-0.39, 0.29) is 17.7 Å². The molecule has 2 nitrogen and oxygen atoms in total. The summed E-state index contributed by atoms with van der Waals surface area (Å²) in [5, 5.41) is 0. The van der Waals surface area contributed by atoms with Crippen molar-refractivity contribution >= 4 is 15.9 Å². The van der Waals surface area contributed by atoms with Crippen LogP contribution in [0.1, 0.15) is 5.56 Å². The van der Waals surface area contributed by atoms with Crippen molar-refractivity contribution in [2.75, 3.05) is 0 Å². The molecule has 0 N–H and O–H groups in total. The van der Waals surface area contributed by atoms with Crippen molar-refractivity contribution in [2.24, 2.45) is 0 Å². The number of nitrogens with zero attached hydrogens (tertiary/aromatic N) is 1. The van der Waals surface area contributed by atoms with E-state index in [4.69, 9.17) is 0 Å². The van der Waals surface area contributed by atoms with Crippen molar-refractivity contribution in [3.05, 3.63) is 68.6 Å². The van der Waals surface area contributed by atoms with Crippen LogP contribution in [0.5, 0.6) is 0 Å². The molecule has 2 rings (SSSR count). The Hall–Kier alpha value is -1.49. The molecule has 0 saturated carbocycles. The Balaban J connectivity index is 2.41. The number of hydrogen-bond acceptors (Lipinski definition) is 1. The second-order valence-electron chi connectivity index (χ2n) is 3.53. The van der Waals surface area contributed by atoms with Crippen LogP contribution in [-0.2, 0) is 6.54 Å². The van der Waals surface area contributed by atoms with E-state index in [2.05, 4.69) is 15.9 Å². The molecule has 0 aliphatic carbocycles. The molecule has 2 aromatic rings. The number of pyridine rings is 1. The fraction of sp³-hybridized carbons (Fsp3) is 0.0833. The molecule has 0 radical (unpaired) electrons. The molecule has 1 aromatic carbocycles. The standard InChI is InChI=1S/C12H8BrF2NO/c13-9-4-5-11(17)16(7-9)6-8-2-1-3-10(14)12(8)15/h1-5,7H,6H2. The van der Waals surface area contributed by atoms with E-state index < -0.39 is 11.6 Å². The molecule has 0 unspecified atom stereocenters. The van der Waals surface area contributed by atoms with Crippen molar-refractivity contribution in [2.45, 2.75) is 6.54 Å². The summed E-state index contributed by atoms with van der Waals surface area (Å²) >= 11 is 3.22. The van der Waals surface area contributed by atoms with Gasteiger partial charge in [0.15, 0.2) is 11.6 Å². The minimum Gasteiger partial charge on any atom is -0.310 e.